The van der Waals surface area contributed by atoms with Gasteiger partial charge in [0, 0.05) is 24.1 Å². The molecule has 2 aromatic heterocycles. The second-order valence-electron chi connectivity index (χ2n) is 8.81. The molecule has 3 heterocycles. The second kappa shape index (κ2) is 10.3. The molecule has 0 spiro atoms. The summed E-state index contributed by atoms with van der Waals surface area (Å²) in [6.07, 6.45) is 2.93. The lowest BCUT2D eigenvalue weighted by molar-refractivity contribution is -0.153. The highest BCUT2D eigenvalue weighted by Crippen LogP contribution is 2.39. The van der Waals surface area contributed by atoms with Crippen LogP contribution in [0.15, 0.2) is 53.1 Å². The van der Waals surface area contributed by atoms with Crippen molar-refractivity contribution in [2.75, 3.05) is 20.3 Å². The van der Waals surface area contributed by atoms with E-state index in [1.807, 2.05) is 22.8 Å². The maximum atomic E-state index is 13.4. The first-order chi connectivity index (χ1) is 17.9. The zero-order chi connectivity index (χ0) is 26.0. The molecule has 0 amide bonds. The van der Waals surface area contributed by atoms with E-state index in [2.05, 4.69) is 15.2 Å². The third kappa shape index (κ3) is 4.67. The number of ether oxygens (including phenoxy) is 3. The van der Waals surface area contributed by atoms with Gasteiger partial charge >= 0.3 is 5.97 Å². The molecule has 0 saturated carbocycles. The molecule has 10 heteroatoms. The number of fused-ring (bicyclic) bond motifs is 1. The average molecular weight is 523 g/mol. The number of hydrogen-bond acceptors (Lipinski definition) is 8. The largest absolute Gasteiger partial charge is 0.496 e. The molecule has 2 aromatic carbocycles. The van der Waals surface area contributed by atoms with Crippen molar-refractivity contribution in [3.63, 3.8) is 0 Å². The SMILES string of the molecule is CCOC(=O)C1(COc2ccc(Cl)cc2)CCCn2c(-c3ccc(-c4cnc(C)o4)c(OC)c3)nnc21. The molecule has 1 aliphatic heterocycles. The smallest absolute Gasteiger partial charge is 0.323 e. The molecule has 5 rings (SSSR count). The van der Waals surface area contributed by atoms with E-state index in [0.29, 0.717) is 52.8 Å². The van der Waals surface area contributed by atoms with Crippen LogP contribution in [0, 0.1) is 6.92 Å². The Bertz CT molecular complexity index is 1410. The Kier molecular flexibility index (Phi) is 6.88. The van der Waals surface area contributed by atoms with Crippen LogP contribution in [0.2, 0.25) is 5.02 Å². The minimum absolute atomic E-state index is 0.0682. The van der Waals surface area contributed by atoms with E-state index in [-0.39, 0.29) is 19.2 Å². The number of aromatic nitrogens is 4. The van der Waals surface area contributed by atoms with Crippen molar-refractivity contribution in [1.82, 2.24) is 19.7 Å². The molecule has 0 aliphatic carbocycles. The number of carbonyl (C=O) groups excluding carboxylic acids is 1. The molecule has 37 heavy (non-hydrogen) atoms. The third-order valence-corrected chi connectivity index (χ3v) is 6.73. The van der Waals surface area contributed by atoms with E-state index in [1.165, 1.54) is 0 Å². The minimum atomic E-state index is -1.10. The van der Waals surface area contributed by atoms with Crippen LogP contribution >= 0.6 is 11.6 Å². The molecule has 0 bridgehead atoms. The number of esters is 1. The molecule has 1 unspecified atom stereocenters. The second-order valence-corrected chi connectivity index (χ2v) is 9.24. The maximum Gasteiger partial charge on any atom is 0.323 e. The number of oxazole rings is 1. The number of aryl methyl sites for hydroxylation is 1. The van der Waals surface area contributed by atoms with E-state index in [0.717, 1.165) is 17.5 Å². The van der Waals surface area contributed by atoms with Gasteiger partial charge in [-0.05, 0) is 56.2 Å². The van der Waals surface area contributed by atoms with Gasteiger partial charge in [-0.15, -0.1) is 10.2 Å². The number of rotatable bonds is 8. The number of benzene rings is 2. The van der Waals surface area contributed by atoms with Crippen LogP contribution in [0.1, 0.15) is 31.5 Å². The van der Waals surface area contributed by atoms with Gasteiger partial charge in [-0.3, -0.25) is 4.79 Å². The Balaban J connectivity index is 1.52. The van der Waals surface area contributed by atoms with Crippen LogP contribution in [0.3, 0.4) is 0 Å². The first kappa shape index (κ1) is 24.8. The monoisotopic (exact) mass is 522 g/mol. The summed E-state index contributed by atoms with van der Waals surface area (Å²) in [5, 5.41) is 9.60. The van der Waals surface area contributed by atoms with E-state index in [4.69, 9.17) is 30.2 Å². The third-order valence-electron chi connectivity index (χ3n) is 6.48. The van der Waals surface area contributed by atoms with Crippen molar-refractivity contribution in [3.8, 4) is 34.2 Å². The minimum Gasteiger partial charge on any atom is -0.496 e. The molecule has 0 N–H and O–H groups in total. The molecule has 0 saturated heterocycles. The Labute approximate surface area is 219 Å². The lowest BCUT2D eigenvalue weighted by Gasteiger charge is -2.34. The van der Waals surface area contributed by atoms with Gasteiger partial charge < -0.3 is 23.2 Å². The highest BCUT2D eigenvalue weighted by molar-refractivity contribution is 6.30. The number of hydrogen-bond donors (Lipinski definition) is 0. The van der Waals surface area contributed by atoms with Crippen LogP contribution in [0.4, 0.5) is 0 Å². The quantitative estimate of drug-likeness (QED) is 0.289. The van der Waals surface area contributed by atoms with Gasteiger partial charge in [0.05, 0.1) is 25.5 Å². The summed E-state index contributed by atoms with van der Waals surface area (Å²) in [5.41, 5.74) is 0.483. The Morgan fingerprint density at radius 3 is 2.70 bits per heavy atom. The van der Waals surface area contributed by atoms with Crippen LogP contribution in [0.25, 0.3) is 22.7 Å². The molecular weight excluding hydrogens is 496 g/mol. The van der Waals surface area contributed by atoms with Crippen molar-refractivity contribution in [3.05, 3.63) is 65.4 Å². The van der Waals surface area contributed by atoms with Gasteiger partial charge in [0.25, 0.3) is 0 Å². The van der Waals surface area contributed by atoms with Gasteiger partial charge in [-0.2, -0.15) is 0 Å². The highest BCUT2D eigenvalue weighted by Gasteiger charge is 2.49. The fourth-order valence-corrected chi connectivity index (χ4v) is 4.77. The molecule has 0 radical (unpaired) electrons. The zero-order valence-electron chi connectivity index (χ0n) is 20.9. The van der Waals surface area contributed by atoms with Crippen molar-refractivity contribution in [2.45, 2.75) is 38.6 Å². The summed E-state index contributed by atoms with van der Waals surface area (Å²) in [6, 6.07) is 12.7. The number of nitrogens with zero attached hydrogens (tertiary/aromatic N) is 4. The Hall–Kier alpha value is -3.85. The Morgan fingerprint density at radius 2 is 2.00 bits per heavy atom. The Morgan fingerprint density at radius 1 is 1.19 bits per heavy atom. The number of carbonyl (C=O) groups is 1. The summed E-state index contributed by atoms with van der Waals surface area (Å²) in [5.74, 6) is 3.19. The fourth-order valence-electron chi connectivity index (χ4n) is 4.65. The van der Waals surface area contributed by atoms with Crippen LogP contribution in [0.5, 0.6) is 11.5 Å². The first-order valence-electron chi connectivity index (χ1n) is 12.1. The fraction of sp³-hybridized carbons (Fsp3) is 0.333. The van der Waals surface area contributed by atoms with E-state index >= 15 is 0 Å². The molecule has 9 nitrogen and oxygen atoms in total. The van der Waals surface area contributed by atoms with Gasteiger partial charge in [0.15, 0.2) is 28.7 Å². The highest BCUT2D eigenvalue weighted by atomic mass is 35.5. The normalized spacial score (nSPS) is 16.8. The summed E-state index contributed by atoms with van der Waals surface area (Å²) in [6.45, 7) is 4.56. The van der Waals surface area contributed by atoms with Crippen molar-refractivity contribution >= 4 is 17.6 Å². The standard InChI is InChI=1S/C27H27ClN4O5/c1-4-35-26(33)27(16-36-20-9-7-19(28)8-10-20)12-5-13-32-24(30-31-25(27)32)18-6-11-21(22(14-18)34-3)23-15-29-17(2)37-23/h6-11,14-15H,4-5,12-13,16H2,1-3H3. The van der Waals surface area contributed by atoms with Gasteiger partial charge in [-0.25, -0.2) is 4.98 Å². The van der Waals surface area contributed by atoms with Crippen molar-refractivity contribution in [2.24, 2.45) is 0 Å². The van der Waals surface area contributed by atoms with Crippen LogP contribution in [-0.2, 0) is 21.5 Å². The predicted molar refractivity (Wildman–Crippen MR) is 137 cm³/mol. The summed E-state index contributed by atoms with van der Waals surface area (Å²) in [4.78, 5) is 17.5. The predicted octanol–water partition coefficient (Wildman–Crippen LogP) is 5.24. The van der Waals surface area contributed by atoms with E-state index in [9.17, 15) is 4.79 Å². The van der Waals surface area contributed by atoms with Gasteiger partial charge in [-0.1, -0.05) is 17.7 Å². The molecule has 192 valence electrons. The first-order valence-corrected chi connectivity index (χ1v) is 12.4. The molecule has 4 aromatic rings. The van der Waals surface area contributed by atoms with Crippen LogP contribution < -0.4 is 9.47 Å². The van der Waals surface area contributed by atoms with Gasteiger partial charge in [0.2, 0.25) is 0 Å². The molecule has 1 aliphatic rings. The lowest BCUT2D eigenvalue weighted by Crippen LogP contribution is -2.47. The summed E-state index contributed by atoms with van der Waals surface area (Å²) < 4.78 is 24.9. The van der Waals surface area contributed by atoms with Crippen molar-refractivity contribution in [1.29, 1.82) is 0 Å². The maximum absolute atomic E-state index is 13.4. The molecule has 1 atom stereocenters. The van der Waals surface area contributed by atoms with Crippen LogP contribution in [-0.4, -0.2) is 46.0 Å². The molecule has 0 fully saturated rings. The summed E-state index contributed by atoms with van der Waals surface area (Å²) in [7, 11) is 1.60. The van der Waals surface area contributed by atoms with E-state index < -0.39 is 5.41 Å². The number of methoxy groups -OCH3 is 1. The topological polar surface area (TPSA) is 102 Å². The zero-order valence-corrected chi connectivity index (χ0v) is 21.6. The van der Waals surface area contributed by atoms with E-state index in [1.54, 1.807) is 51.4 Å². The van der Waals surface area contributed by atoms with Crippen molar-refractivity contribution < 1.29 is 23.4 Å². The average Bonchev–Trinajstić information content (AvgIpc) is 3.55. The van der Waals surface area contributed by atoms with Gasteiger partial charge in [0.1, 0.15) is 18.1 Å². The summed E-state index contributed by atoms with van der Waals surface area (Å²) >= 11 is 6.01. The lowest BCUT2D eigenvalue weighted by atomic mass is 9.80. The molecular formula is C27H27ClN4O5. The number of halogens is 1.